The third kappa shape index (κ3) is 6.32. The summed E-state index contributed by atoms with van der Waals surface area (Å²) in [5.41, 5.74) is 0.900. The second-order valence-corrected chi connectivity index (χ2v) is 9.23. The van der Waals surface area contributed by atoms with Crippen molar-refractivity contribution in [1.29, 1.82) is 0 Å². The Bertz CT molecular complexity index is 912. The van der Waals surface area contributed by atoms with Gasteiger partial charge in [0.1, 0.15) is 5.75 Å². The molecule has 2 aromatic carbocycles. The first-order valence-electron chi connectivity index (χ1n) is 9.09. The first kappa shape index (κ1) is 22.4. The minimum atomic E-state index is -3.57. The van der Waals surface area contributed by atoms with E-state index in [4.69, 9.17) is 4.74 Å². The van der Waals surface area contributed by atoms with Gasteiger partial charge >= 0.3 is 0 Å². The maximum Gasteiger partial charge on any atom is 0.259 e. The molecule has 0 spiro atoms. The van der Waals surface area contributed by atoms with Crippen LogP contribution in [-0.4, -0.2) is 27.0 Å². The molecule has 0 aromatic heterocycles. The van der Waals surface area contributed by atoms with E-state index in [9.17, 15) is 13.2 Å². The first-order chi connectivity index (χ1) is 13.2. The molecule has 2 rings (SSSR count). The highest BCUT2D eigenvalue weighted by Crippen LogP contribution is 2.25. The number of nitrogens with one attached hydrogen (secondary N) is 2. The normalized spacial score (nSPS) is 11.5. The molecule has 0 heterocycles. The molecule has 28 heavy (non-hydrogen) atoms. The molecule has 0 bridgehead atoms. The summed E-state index contributed by atoms with van der Waals surface area (Å²) in [6, 6.07) is 11.1. The number of sulfonamides is 1. The van der Waals surface area contributed by atoms with Gasteiger partial charge in [0, 0.05) is 16.2 Å². The summed E-state index contributed by atoms with van der Waals surface area (Å²) in [7, 11) is -3.57. The summed E-state index contributed by atoms with van der Waals surface area (Å²) >= 11 is 3.37. The second kappa shape index (κ2) is 10.0. The van der Waals surface area contributed by atoms with E-state index >= 15 is 0 Å². The van der Waals surface area contributed by atoms with Crippen molar-refractivity contribution < 1.29 is 17.9 Å². The fourth-order valence-corrected chi connectivity index (χ4v) is 4.04. The third-order valence-electron chi connectivity index (χ3n) is 3.76. The van der Waals surface area contributed by atoms with Crippen LogP contribution in [0, 0.1) is 0 Å². The van der Waals surface area contributed by atoms with Crippen LogP contribution in [0.5, 0.6) is 5.75 Å². The Morgan fingerprint density at radius 3 is 2.43 bits per heavy atom. The Kier molecular flexibility index (Phi) is 8.03. The monoisotopic (exact) mass is 468 g/mol. The van der Waals surface area contributed by atoms with Gasteiger partial charge < -0.3 is 10.1 Å². The lowest BCUT2D eigenvalue weighted by Crippen LogP contribution is -2.30. The van der Waals surface area contributed by atoms with E-state index in [1.165, 1.54) is 12.1 Å². The molecule has 0 saturated heterocycles. The minimum Gasteiger partial charge on any atom is -0.493 e. The van der Waals surface area contributed by atoms with Gasteiger partial charge in [0.15, 0.2) is 0 Å². The average Bonchev–Trinajstić information content (AvgIpc) is 2.62. The fourth-order valence-electron chi connectivity index (χ4n) is 2.43. The molecular formula is C20H25BrN2O4S. The largest absolute Gasteiger partial charge is 0.493 e. The van der Waals surface area contributed by atoms with E-state index in [-0.39, 0.29) is 16.8 Å². The summed E-state index contributed by atoms with van der Waals surface area (Å²) in [5, 5.41) is 2.78. The van der Waals surface area contributed by atoms with E-state index in [1.807, 2.05) is 6.07 Å². The Hall–Kier alpha value is -1.90. The van der Waals surface area contributed by atoms with Crippen molar-refractivity contribution in [1.82, 2.24) is 4.72 Å². The zero-order valence-electron chi connectivity index (χ0n) is 16.2. The van der Waals surface area contributed by atoms with Gasteiger partial charge in [-0.1, -0.05) is 29.3 Å². The van der Waals surface area contributed by atoms with Crippen LogP contribution in [0.4, 0.5) is 5.69 Å². The molecular weight excluding hydrogens is 444 g/mol. The van der Waals surface area contributed by atoms with Gasteiger partial charge in [0.2, 0.25) is 10.0 Å². The Morgan fingerprint density at radius 2 is 1.82 bits per heavy atom. The van der Waals surface area contributed by atoms with Crippen molar-refractivity contribution in [3.05, 3.63) is 52.5 Å². The lowest BCUT2D eigenvalue weighted by Gasteiger charge is -2.13. The number of benzene rings is 2. The zero-order chi connectivity index (χ0) is 20.7. The highest BCUT2D eigenvalue weighted by molar-refractivity contribution is 9.10. The summed E-state index contributed by atoms with van der Waals surface area (Å²) < 4.78 is 33.4. The summed E-state index contributed by atoms with van der Waals surface area (Å²) in [6.45, 7) is 6.11. The van der Waals surface area contributed by atoms with Gasteiger partial charge in [-0.15, -0.1) is 0 Å². The molecule has 0 aliphatic heterocycles. The Morgan fingerprint density at radius 1 is 1.14 bits per heavy atom. The van der Waals surface area contributed by atoms with Crippen LogP contribution >= 0.6 is 15.9 Å². The highest BCUT2D eigenvalue weighted by atomic mass is 79.9. The van der Waals surface area contributed by atoms with E-state index in [0.717, 1.165) is 17.3 Å². The van der Waals surface area contributed by atoms with Gasteiger partial charge in [0.05, 0.1) is 17.1 Å². The number of hydrogen-bond donors (Lipinski definition) is 2. The van der Waals surface area contributed by atoms with Crippen LogP contribution in [0.2, 0.25) is 0 Å². The van der Waals surface area contributed by atoms with Gasteiger partial charge in [-0.3, -0.25) is 4.79 Å². The van der Waals surface area contributed by atoms with Crippen molar-refractivity contribution in [3.63, 3.8) is 0 Å². The Labute approximate surface area is 174 Å². The molecule has 152 valence electrons. The number of amides is 1. The fraction of sp³-hybridized carbons (Fsp3) is 0.350. The van der Waals surface area contributed by atoms with Crippen molar-refractivity contribution in [3.8, 4) is 5.75 Å². The number of halogens is 1. The number of unbranched alkanes of at least 4 members (excludes halogenated alkanes) is 1. The van der Waals surface area contributed by atoms with Crippen molar-refractivity contribution in [2.24, 2.45) is 0 Å². The molecule has 0 atom stereocenters. The molecule has 0 fully saturated rings. The molecule has 0 radical (unpaired) electrons. The van der Waals surface area contributed by atoms with Crippen LogP contribution in [0.1, 0.15) is 44.0 Å². The minimum absolute atomic E-state index is 0.144. The first-order valence-corrected chi connectivity index (χ1v) is 11.4. The van der Waals surface area contributed by atoms with Crippen LogP contribution in [0.15, 0.2) is 51.8 Å². The lowest BCUT2D eigenvalue weighted by molar-refractivity contribution is 0.102. The van der Waals surface area contributed by atoms with E-state index in [1.54, 1.807) is 38.1 Å². The van der Waals surface area contributed by atoms with E-state index < -0.39 is 10.0 Å². The number of rotatable bonds is 9. The molecule has 2 N–H and O–H groups in total. The van der Waals surface area contributed by atoms with Crippen molar-refractivity contribution in [2.75, 3.05) is 11.9 Å². The van der Waals surface area contributed by atoms with Gasteiger partial charge in [-0.05, 0) is 62.7 Å². The van der Waals surface area contributed by atoms with Crippen molar-refractivity contribution >= 4 is 37.5 Å². The second-order valence-electron chi connectivity index (χ2n) is 6.60. The lowest BCUT2D eigenvalue weighted by atomic mass is 10.2. The van der Waals surface area contributed by atoms with Crippen LogP contribution in [-0.2, 0) is 10.0 Å². The standard InChI is InChI=1S/C20H25BrN2O4S/c1-4-5-12-27-19-11-6-15(21)13-18(19)20(24)22-16-7-9-17(10-8-16)28(25,26)23-14(2)3/h6-11,13-14,23H,4-5,12H2,1-3H3,(H,22,24). The van der Waals surface area contributed by atoms with Gasteiger partial charge in [0.25, 0.3) is 5.91 Å². The maximum atomic E-state index is 12.7. The maximum absolute atomic E-state index is 12.7. The predicted molar refractivity (Wildman–Crippen MR) is 114 cm³/mol. The molecule has 0 saturated carbocycles. The summed E-state index contributed by atoms with van der Waals surface area (Å²) in [5.74, 6) is 0.179. The van der Waals surface area contributed by atoms with Crippen LogP contribution in [0.3, 0.4) is 0 Å². The summed E-state index contributed by atoms with van der Waals surface area (Å²) in [4.78, 5) is 12.8. The third-order valence-corrected chi connectivity index (χ3v) is 5.92. The smallest absolute Gasteiger partial charge is 0.259 e. The number of carbonyl (C=O) groups excluding carboxylic acids is 1. The number of anilines is 1. The SMILES string of the molecule is CCCCOc1ccc(Br)cc1C(=O)Nc1ccc(S(=O)(=O)NC(C)C)cc1. The Balaban J connectivity index is 2.16. The molecule has 0 aliphatic rings. The number of hydrogen-bond acceptors (Lipinski definition) is 4. The number of ether oxygens (including phenoxy) is 1. The molecule has 2 aromatic rings. The quantitative estimate of drug-likeness (QED) is 0.527. The molecule has 1 amide bonds. The molecule has 0 unspecified atom stereocenters. The number of carbonyl (C=O) groups is 1. The van der Waals surface area contributed by atoms with Gasteiger partial charge in [-0.25, -0.2) is 13.1 Å². The average molecular weight is 469 g/mol. The molecule has 8 heteroatoms. The predicted octanol–water partition coefficient (Wildman–Crippen LogP) is 4.57. The molecule has 6 nitrogen and oxygen atoms in total. The van der Waals surface area contributed by atoms with E-state index in [0.29, 0.717) is 23.6 Å². The molecule has 0 aliphatic carbocycles. The van der Waals surface area contributed by atoms with Crippen LogP contribution in [0.25, 0.3) is 0 Å². The summed E-state index contributed by atoms with van der Waals surface area (Å²) in [6.07, 6.45) is 1.90. The highest BCUT2D eigenvalue weighted by Gasteiger charge is 2.17. The van der Waals surface area contributed by atoms with E-state index in [2.05, 4.69) is 32.9 Å². The zero-order valence-corrected chi connectivity index (χ0v) is 18.6. The topological polar surface area (TPSA) is 84.5 Å². The van der Waals surface area contributed by atoms with Crippen molar-refractivity contribution in [2.45, 2.75) is 44.6 Å². The van der Waals surface area contributed by atoms with Gasteiger partial charge in [-0.2, -0.15) is 0 Å². The van der Waals surface area contributed by atoms with Crippen LogP contribution < -0.4 is 14.8 Å².